The molecular weight excluding hydrogens is 293 g/mol. The van der Waals surface area contributed by atoms with Crippen LogP contribution in [0.1, 0.15) is 17.2 Å². The van der Waals surface area contributed by atoms with Gasteiger partial charge in [0.1, 0.15) is 11.6 Å². The molecule has 0 aliphatic heterocycles. The summed E-state index contributed by atoms with van der Waals surface area (Å²) in [5.74, 6) is 4.01. The first-order valence-electron chi connectivity index (χ1n) is 5.39. The molecule has 2 aromatic carbocycles. The Morgan fingerprint density at radius 1 is 1.00 bits per heavy atom. The highest BCUT2D eigenvalue weighted by atomic mass is 35.5. The summed E-state index contributed by atoms with van der Waals surface area (Å²) in [5, 5.41) is 0.721. The molecule has 19 heavy (non-hydrogen) atoms. The molecule has 2 rings (SSSR count). The Hall–Kier alpha value is -1.20. The molecule has 0 bridgehead atoms. The minimum absolute atomic E-state index is 0.177. The van der Waals surface area contributed by atoms with Crippen molar-refractivity contribution in [1.29, 1.82) is 0 Å². The fourth-order valence-electron chi connectivity index (χ4n) is 1.87. The van der Waals surface area contributed by atoms with Gasteiger partial charge in [-0.2, -0.15) is 0 Å². The van der Waals surface area contributed by atoms with Crippen LogP contribution in [0.3, 0.4) is 0 Å². The summed E-state index contributed by atoms with van der Waals surface area (Å²) in [6, 6.07) is 7.35. The number of hydrazine groups is 1. The lowest BCUT2D eigenvalue weighted by Gasteiger charge is -2.18. The van der Waals surface area contributed by atoms with E-state index >= 15 is 0 Å². The topological polar surface area (TPSA) is 38.0 Å². The molecule has 0 saturated carbocycles. The standard InChI is InChI=1S/C13H10Cl2F2N2/c14-8-4-7(5-9(15)6-8)13(19-18)12-10(16)2-1-3-11(12)17/h1-6,13,19H,18H2. The molecule has 0 aliphatic carbocycles. The van der Waals surface area contributed by atoms with Gasteiger partial charge >= 0.3 is 0 Å². The second kappa shape index (κ2) is 5.84. The monoisotopic (exact) mass is 302 g/mol. The number of halogens is 4. The summed E-state index contributed by atoms with van der Waals surface area (Å²) in [6.45, 7) is 0. The Morgan fingerprint density at radius 2 is 1.53 bits per heavy atom. The van der Waals surface area contributed by atoms with E-state index in [-0.39, 0.29) is 5.56 Å². The zero-order valence-corrected chi connectivity index (χ0v) is 11.1. The van der Waals surface area contributed by atoms with Gasteiger partial charge in [-0.25, -0.2) is 14.2 Å². The van der Waals surface area contributed by atoms with E-state index in [0.717, 1.165) is 12.1 Å². The van der Waals surface area contributed by atoms with Crippen molar-refractivity contribution in [3.63, 3.8) is 0 Å². The van der Waals surface area contributed by atoms with Crippen molar-refractivity contribution in [3.8, 4) is 0 Å². The van der Waals surface area contributed by atoms with Crippen LogP contribution in [-0.4, -0.2) is 0 Å². The molecule has 0 fully saturated rings. The first-order chi connectivity index (χ1) is 9.02. The highest BCUT2D eigenvalue weighted by Crippen LogP contribution is 2.30. The molecule has 0 aliphatic rings. The minimum atomic E-state index is -0.877. The molecular formula is C13H10Cl2F2N2. The first-order valence-corrected chi connectivity index (χ1v) is 6.14. The van der Waals surface area contributed by atoms with E-state index in [1.807, 2.05) is 0 Å². The van der Waals surface area contributed by atoms with Crippen molar-refractivity contribution in [1.82, 2.24) is 5.43 Å². The van der Waals surface area contributed by atoms with Crippen LogP contribution in [0.2, 0.25) is 10.0 Å². The Bertz CT molecular complexity index is 565. The Labute approximate surface area is 119 Å². The van der Waals surface area contributed by atoms with Gasteiger partial charge in [-0.3, -0.25) is 5.84 Å². The van der Waals surface area contributed by atoms with Crippen molar-refractivity contribution in [2.45, 2.75) is 6.04 Å². The Balaban J connectivity index is 2.56. The molecule has 1 atom stereocenters. The average molecular weight is 303 g/mol. The lowest BCUT2D eigenvalue weighted by atomic mass is 9.98. The molecule has 0 radical (unpaired) electrons. The van der Waals surface area contributed by atoms with Crippen LogP contribution in [0.25, 0.3) is 0 Å². The van der Waals surface area contributed by atoms with Gasteiger partial charge in [0.2, 0.25) is 0 Å². The van der Waals surface area contributed by atoms with Gasteiger partial charge in [-0.05, 0) is 35.9 Å². The maximum atomic E-state index is 13.8. The van der Waals surface area contributed by atoms with E-state index in [1.54, 1.807) is 12.1 Å². The van der Waals surface area contributed by atoms with Crippen LogP contribution in [0.4, 0.5) is 8.78 Å². The third-order valence-corrected chi connectivity index (χ3v) is 3.11. The summed E-state index contributed by atoms with van der Waals surface area (Å²) in [6.07, 6.45) is 0. The molecule has 3 N–H and O–H groups in total. The van der Waals surface area contributed by atoms with Gasteiger partial charge in [0, 0.05) is 15.6 Å². The number of benzene rings is 2. The second-order valence-electron chi connectivity index (χ2n) is 3.94. The largest absolute Gasteiger partial charge is 0.271 e. The molecule has 0 amide bonds. The van der Waals surface area contributed by atoms with E-state index in [4.69, 9.17) is 29.0 Å². The van der Waals surface area contributed by atoms with Gasteiger partial charge in [-0.1, -0.05) is 29.3 Å². The van der Waals surface area contributed by atoms with Crippen LogP contribution >= 0.6 is 23.2 Å². The maximum absolute atomic E-state index is 13.8. The minimum Gasteiger partial charge on any atom is -0.271 e. The molecule has 6 heteroatoms. The van der Waals surface area contributed by atoms with E-state index in [1.165, 1.54) is 12.1 Å². The Kier molecular flexibility index (Phi) is 4.37. The smallest absolute Gasteiger partial charge is 0.131 e. The molecule has 0 aromatic heterocycles. The van der Waals surface area contributed by atoms with Crippen molar-refractivity contribution in [3.05, 3.63) is 69.2 Å². The molecule has 2 nitrogen and oxygen atoms in total. The van der Waals surface area contributed by atoms with Crippen LogP contribution in [0, 0.1) is 11.6 Å². The van der Waals surface area contributed by atoms with Gasteiger partial charge in [0.05, 0.1) is 6.04 Å². The third-order valence-electron chi connectivity index (χ3n) is 2.67. The van der Waals surface area contributed by atoms with E-state index in [9.17, 15) is 8.78 Å². The summed E-state index contributed by atoms with van der Waals surface area (Å²) >= 11 is 11.8. The van der Waals surface area contributed by atoms with Crippen molar-refractivity contribution in [2.75, 3.05) is 0 Å². The summed E-state index contributed by atoms with van der Waals surface area (Å²) < 4.78 is 27.5. The van der Waals surface area contributed by atoms with Crippen LogP contribution in [0.15, 0.2) is 36.4 Å². The quantitative estimate of drug-likeness (QED) is 0.668. The highest BCUT2D eigenvalue weighted by Gasteiger charge is 2.21. The number of hydrogen-bond acceptors (Lipinski definition) is 2. The molecule has 0 spiro atoms. The van der Waals surface area contributed by atoms with Gasteiger partial charge in [0.25, 0.3) is 0 Å². The van der Waals surface area contributed by atoms with E-state index < -0.39 is 17.7 Å². The fraction of sp³-hybridized carbons (Fsp3) is 0.0769. The highest BCUT2D eigenvalue weighted by molar-refractivity contribution is 6.34. The first kappa shape index (κ1) is 14.2. The molecule has 100 valence electrons. The summed E-state index contributed by atoms with van der Waals surface area (Å²) in [4.78, 5) is 0. The Morgan fingerprint density at radius 3 is 2.00 bits per heavy atom. The van der Waals surface area contributed by atoms with Gasteiger partial charge < -0.3 is 0 Å². The predicted molar refractivity (Wildman–Crippen MR) is 72.0 cm³/mol. The fourth-order valence-corrected chi connectivity index (χ4v) is 2.42. The van der Waals surface area contributed by atoms with Crippen LogP contribution < -0.4 is 11.3 Å². The SMILES string of the molecule is NNC(c1cc(Cl)cc(Cl)c1)c1c(F)cccc1F. The summed E-state index contributed by atoms with van der Waals surface area (Å²) in [7, 11) is 0. The predicted octanol–water partition coefficient (Wildman–Crippen LogP) is 3.82. The van der Waals surface area contributed by atoms with Gasteiger partial charge in [0.15, 0.2) is 0 Å². The second-order valence-corrected chi connectivity index (χ2v) is 4.81. The van der Waals surface area contributed by atoms with E-state index in [0.29, 0.717) is 15.6 Å². The molecule has 1 unspecified atom stereocenters. The number of nitrogens with two attached hydrogens (primary N) is 1. The number of rotatable bonds is 3. The third kappa shape index (κ3) is 3.04. The lowest BCUT2D eigenvalue weighted by molar-refractivity contribution is 0.510. The maximum Gasteiger partial charge on any atom is 0.131 e. The number of hydrogen-bond donors (Lipinski definition) is 2. The molecule has 0 heterocycles. The number of nitrogens with one attached hydrogen (secondary N) is 1. The van der Waals surface area contributed by atoms with Crippen molar-refractivity contribution in [2.24, 2.45) is 5.84 Å². The van der Waals surface area contributed by atoms with Crippen LogP contribution in [0.5, 0.6) is 0 Å². The lowest BCUT2D eigenvalue weighted by Crippen LogP contribution is -2.30. The van der Waals surface area contributed by atoms with Crippen molar-refractivity contribution >= 4 is 23.2 Å². The zero-order chi connectivity index (χ0) is 14.0. The normalized spacial score (nSPS) is 12.5. The van der Waals surface area contributed by atoms with Crippen LogP contribution in [-0.2, 0) is 0 Å². The average Bonchev–Trinajstić information content (AvgIpc) is 2.32. The molecule has 0 saturated heterocycles. The zero-order valence-electron chi connectivity index (χ0n) is 9.63. The molecule has 2 aromatic rings. The van der Waals surface area contributed by atoms with Gasteiger partial charge in [-0.15, -0.1) is 0 Å². The summed E-state index contributed by atoms with van der Waals surface area (Å²) in [5.41, 5.74) is 2.67. The van der Waals surface area contributed by atoms with E-state index in [2.05, 4.69) is 5.43 Å². The van der Waals surface area contributed by atoms with Crippen molar-refractivity contribution < 1.29 is 8.78 Å².